The zero-order valence-electron chi connectivity index (χ0n) is 9.18. The molecule has 0 aliphatic heterocycles. The van der Waals surface area contributed by atoms with Gasteiger partial charge in [0.15, 0.2) is 0 Å². The fourth-order valence-electron chi connectivity index (χ4n) is 1.47. The zero-order valence-corrected chi connectivity index (χ0v) is 9.18. The van der Waals surface area contributed by atoms with Crippen molar-refractivity contribution in [2.24, 2.45) is 0 Å². The van der Waals surface area contributed by atoms with Gasteiger partial charge < -0.3 is 4.74 Å². The molecule has 0 fully saturated rings. The summed E-state index contributed by atoms with van der Waals surface area (Å²) in [4.78, 5) is 0. The molecule has 1 nitrogen and oxygen atoms in total. The Morgan fingerprint density at radius 1 is 0.706 bits per heavy atom. The number of hydrogen-bond donors (Lipinski definition) is 0. The van der Waals surface area contributed by atoms with E-state index in [0.717, 1.165) is 0 Å². The molecule has 0 saturated heterocycles. The lowest BCUT2D eigenvalue weighted by Gasteiger charge is -2.09. The van der Waals surface area contributed by atoms with E-state index >= 15 is 0 Å². The topological polar surface area (TPSA) is 9.23 Å². The number of hydrogen-bond acceptors (Lipinski definition) is 1. The molecule has 0 aliphatic rings. The van der Waals surface area contributed by atoms with E-state index in [1.165, 1.54) is 0 Å². The minimum absolute atomic E-state index is 0.637. The molecule has 0 spiro atoms. The molecule has 1 heteroatoms. The maximum Gasteiger partial charge on any atom is 0.143 e. The summed E-state index contributed by atoms with van der Waals surface area (Å²) in [5, 5.41) is 0. The summed E-state index contributed by atoms with van der Waals surface area (Å²) >= 11 is 0. The molecule has 2 aromatic rings. The van der Waals surface area contributed by atoms with Gasteiger partial charge in [-0.05, 0) is 24.3 Å². The highest BCUT2D eigenvalue weighted by Crippen LogP contribution is 2.27. The van der Waals surface area contributed by atoms with E-state index in [2.05, 4.69) is 11.8 Å². The Hall–Kier alpha value is -2.64. The van der Waals surface area contributed by atoms with Crippen LogP contribution in [0, 0.1) is 24.7 Å². The number of terminal acetylenes is 2. The van der Waals surface area contributed by atoms with Gasteiger partial charge in [0.1, 0.15) is 11.5 Å². The fourth-order valence-corrected chi connectivity index (χ4v) is 1.47. The highest BCUT2D eigenvalue weighted by atomic mass is 16.5. The second-order valence-corrected chi connectivity index (χ2v) is 3.38. The van der Waals surface area contributed by atoms with Crippen LogP contribution in [0.25, 0.3) is 0 Å². The molecule has 0 aliphatic carbocycles. The summed E-state index contributed by atoms with van der Waals surface area (Å²) in [5.74, 6) is 6.43. The molecule has 80 valence electrons. The van der Waals surface area contributed by atoms with Crippen molar-refractivity contribution in [2.45, 2.75) is 0 Å². The molecule has 0 heterocycles. The fraction of sp³-hybridized carbons (Fsp3) is 0. The van der Waals surface area contributed by atoms with E-state index in [1.54, 1.807) is 0 Å². The van der Waals surface area contributed by atoms with E-state index in [4.69, 9.17) is 17.6 Å². The maximum absolute atomic E-state index is 5.74. The maximum atomic E-state index is 5.74. The van der Waals surface area contributed by atoms with Crippen LogP contribution >= 0.6 is 0 Å². The van der Waals surface area contributed by atoms with E-state index < -0.39 is 0 Å². The first-order chi connectivity index (χ1) is 8.35. The van der Waals surface area contributed by atoms with Crippen LogP contribution in [0.1, 0.15) is 11.1 Å². The van der Waals surface area contributed by atoms with E-state index in [0.29, 0.717) is 22.6 Å². The number of para-hydroxylation sites is 2. The van der Waals surface area contributed by atoms with Gasteiger partial charge in [-0.25, -0.2) is 0 Å². The van der Waals surface area contributed by atoms with Crippen molar-refractivity contribution in [2.75, 3.05) is 0 Å². The number of benzene rings is 2. The van der Waals surface area contributed by atoms with Gasteiger partial charge in [-0.1, -0.05) is 36.1 Å². The smallest absolute Gasteiger partial charge is 0.143 e. The van der Waals surface area contributed by atoms with Gasteiger partial charge in [-0.2, -0.15) is 0 Å². The first kappa shape index (κ1) is 10.9. The average Bonchev–Trinajstić information content (AvgIpc) is 2.40. The first-order valence-corrected chi connectivity index (χ1v) is 5.14. The predicted octanol–water partition coefficient (Wildman–Crippen LogP) is 3.44. The standard InChI is InChI=1S/C16H10O/c1-3-13-9-5-7-11-15(13)17-16-12-8-6-10-14(16)4-2/h1-2,5-12H. The summed E-state index contributed by atoms with van der Waals surface area (Å²) in [7, 11) is 0. The van der Waals surface area contributed by atoms with Gasteiger partial charge in [-0.15, -0.1) is 12.8 Å². The molecule has 0 saturated carbocycles. The van der Waals surface area contributed by atoms with Crippen LogP contribution in [0.4, 0.5) is 0 Å². The normalized spacial score (nSPS) is 9.06. The lowest BCUT2D eigenvalue weighted by Crippen LogP contribution is -1.90. The lowest BCUT2D eigenvalue weighted by molar-refractivity contribution is 0.480. The van der Waals surface area contributed by atoms with Crippen LogP contribution in [0.3, 0.4) is 0 Å². The Balaban J connectivity index is 2.40. The molecule has 0 atom stereocenters. The molecule has 2 rings (SSSR count). The monoisotopic (exact) mass is 218 g/mol. The van der Waals surface area contributed by atoms with Crippen molar-refractivity contribution in [1.82, 2.24) is 0 Å². The summed E-state index contributed by atoms with van der Waals surface area (Å²) < 4.78 is 5.74. The molecule has 0 radical (unpaired) electrons. The Morgan fingerprint density at radius 3 is 1.53 bits per heavy atom. The van der Waals surface area contributed by atoms with E-state index in [-0.39, 0.29) is 0 Å². The van der Waals surface area contributed by atoms with Crippen LogP contribution < -0.4 is 4.74 Å². The second-order valence-electron chi connectivity index (χ2n) is 3.38. The molecule has 0 aromatic heterocycles. The molecule has 0 unspecified atom stereocenters. The third kappa shape index (κ3) is 2.30. The minimum atomic E-state index is 0.637. The number of ether oxygens (including phenoxy) is 1. The Morgan fingerprint density at radius 2 is 1.12 bits per heavy atom. The van der Waals surface area contributed by atoms with Crippen molar-refractivity contribution in [3.8, 4) is 36.2 Å². The quantitative estimate of drug-likeness (QED) is 0.701. The summed E-state index contributed by atoms with van der Waals surface area (Å²) in [6, 6.07) is 14.8. The molecule has 0 amide bonds. The Bertz CT molecular complexity index is 556. The van der Waals surface area contributed by atoms with E-state index in [9.17, 15) is 0 Å². The molecule has 17 heavy (non-hydrogen) atoms. The van der Waals surface area contributed by atoms with Crippen molar-refractivity contribution < 1.29 is 4.74 Å². The zero-order chi connectivity index (χ0) is 12.1. The summed E-state index contributed by atoms with van der Waals surface area (Å²) in [6.45, 7) is 0. The van der Waals surface area contributed by atoms with Gasteiger partial charge in [0.05, 0.1) is 11.1 Å². The third-order valence-electron chi connectivity index (χ3n) is 2.31. The molecular formula is C16H10O. The average molecular weight is 218 g/mol. The van der Waals surface area contributed by atoms with Crippen molar-refractivity contribution in [1.29, 1.82) is 0 Å². The van der Waals surface area contributed by atoms with Crippen LogP contribution in [0.2, 0.25) is 0 Å². The lowest BCUT2D eigenvalue weighted by atomic mass is 10.2. The SMILES string of the molecule is C#Cc1ccccc1Oc1ccccc1C#C. The third-order valence-corrected chi connectivity index (χ3v) is 2.31. The van der Waals surface area contributed by atoms with Gasteiger partial charge in [-0.3, -0.25) is 0 Å². The van der Waals surface area contributed by atoms with Crippen LogP contribution in [0.15, 0.2) is 48.5 Å². The van der Waals surface area contributed by atoms with E-state index in [1.807, 2.05) is 48.5 Å². The molecular weight excluding hydrogens is 208 g/mol. The molecule has 0 N–H and O–H groups in total. The Labute approximate surface area is 101 Å². The van der Waals surface area contributed by atoms with Gasteiger partial charge in [0.2, 0.25) is 0 Å². The van der Waals surface area contributed by atoms with Crippen molar-refractivity contribution in [3.63, 3.8) is 0 Å². The van der Waals surface area contributed by atoms with Gasteiger partial charge >= 0.3 is 0 Å². The predicted molar refractivity (Wildman–Crippen MR) is 68.8 cm³/mol. The highest BCUT2D eigenvalue weighted by Gasteiger charge is 2.04. The Kier molecular flexibility index (Phi) is 3.15. The van der Waals surface area contributed by atoms with Gasteiger partial charge in [0, 0.05) is 0 Å². The second kappa shape index (κ2) is 4.92. The molecule has 2 aromatic carbocycles. The first-order valence-electron chi connectivity index (χ1n) is 5.14. The van der Waals surface area contributed by atoms with Crippen LogP contribution in [-0.2, 0) is 0 Å². The van der Waals surface area contributed by atoms with Crippen LogP contribution in [-0.4, -0.2) is 0 Å². The van der Waals surface area contributed by atoms with Crippen molar-refractivity contribution >= 4 is 0 Å². The largest absolute Gasteiger partial charge is 0.455 e. The summed E-state index contributed by atoms with van der Waals surface area (Å²) in [6.07, 6.45) is 10.8. The summed E-state index contributed by atoms with van der Waals surface area (Å²) in [5.41, 5.74) is 1.42. The van der Waals surface area contributed by atoms with Gasteiger partial charge in [0.25, 0.3) is 0 Å². The van der Waals surface area contributed by atoms with Crippen molar-refractivity contribution in [3.05, 3.63) is 59.7 Å². The number of rotatable bonds is 2. The minimum Gasteiger partial charge on any atom is -0.455 e. The molecule has 0 bridgehead atoms. The van der Waals surface area contributed by atoms with Crippen LogP contribution in [0.5, 0.6) is 11.5 Å². The highest BCUT2D eigenvalue weighted by molar-refractivity contribution is 5.50.